The second kappa shape index (κ2) is 10.1. The highest BCUT2D eigenvalue weighted by Gasteiger charge is 2.21. The number of rotatable bonds is 9. The molecule has 2 atom stereocenters. The summed E-state index contributed by atoms with van der Waals surface area (Å²) in [6.45, 7) is 1.87. The van der Waals surface area contributed by atoms with Crippen LogP contribution in [0.3, 0.4) is 0 Å². The average Bonchev–Trinajstić information content (AvgIpc) is 2.67. The van der Waals surface area contributed by atoms with E-state index in [1.165, 1.54) is 0 Å². The smallest absolute Gasteiger partial charge is 0.326 e. The van der Waals surface area contributed by atoms with Crippen molar-refractivity contribution in [2.24, 2.45) is 0 Å². The number of carbonyl (C=O) groups excluding carboxylic acids is 2. The number of carbonyl (C=O) groups is 3. The number of carboxylic acids is 1. The molecule has 0 fully saturated rings. The average molecular weight is 368 g/mol. The summed E-state index contributed by atoms with van der Waals surface area (Å²) in [5, 5.41) is 14.6. The summed E-state index contributed by atoms with van der Waals surface area (Å²) in [4.78, 5) is 35.5. The first-order valence-electron chi connectivity index (χ1n) is 8.86. The Hall–Kier alpha value is -3.15. The zero-order valence-electron chi connectivity index (χ0n) is 15.2. The van der Waals surface area contributed by atoms with E-state index in [0.717, 1.165) is 11.1 Å². The molecular weight excluding hydrogens is 344 g/mol. The van der Waals surface area contributed by atoms with Crippen LogP contribution in [0.25, 0.3) is 0 Å². The Morgan fingerprint density at radius 1 is 0.852 bits per heavy atom. The second-order valence-electron chi connectivity index (χ2n) is 6.35. The predicted octanol–water partition coefficient (Wildman–Crippen LogP) is 2.46. The number of nitrogens with one attached hydrogen (secondary N) is 2. The topological polar surface area (TPSA) is 95.5 Å². The fourth-order valence-corrected chi connectivity index (χ4v) is 2.68. The molecule has 2 aromatic rings. The molecule has 0 saturated heterocycles. The highest BCUT2D eigenvalue weighted by molar-refractivity contribution is 5.87. The number of carboxylic acid groups (broad SMARTS) is 1. The van der Waals surface area contributed by atoms with Gasteiger partial charge in [-0.1, -0.05) is 60.7 Å². The summed E-state index contributed by atoms with van der Waals surface area (Å²) < 4.78 is 0. The zero-order valence-corrected chi connectivity index (χ0v) is 15.2. The third-order valence-electron chi connectivity index (χ3n) is 4.17. The van der Waals surface area contributed by atoms with Crippen molar-refractivity contribution in [3.05, 3.63) is 71.8 Å². The Balaban J connectivity index is 1.79. The second-order valence-corrected chi connectivity index (χ2v) is 6.35. The lowest BCUT2D eigenvalue weighted by Gasteiger charge is -2.16. The van der Waals surface area contributed by atoms with Gasteiger partial charge < -0.3 is 15.7 Å². The molecule has 0 unspecified atom stereocenters. The summed E-state index contributed by atoms with van der Waals surface area (Å²) in [7, 11) is 0. The maximum Gasteiger partial charge on any atom is 0.326 e. The van der Waals surface area contributed by atoms with E-state index >= 15 is 0 Å². The molecule has 0 heterocycles. The van der Waals surface area contributed by atoms with Crippen LogP contribution in [0.15, 0.2) is 60.7 Å². The van der Waals surface area contributed by atoms with E-state index < -0.39 is 17.9 Å². The molecule has 2 aromatic carbocycles. The highest BCUT2D eigenvalue weighted by atomic mass is 16.4. The molecular formula is C21H24N2O4. The first-order chi connectivity index (χ1) is 13.0. The van der Waals surface area contributed by atoms with Crippen molar-refractivity contribution in [3.8, 4) is 0 Å². The van der Waals surface area contributed by atoms with Crippen molar-refractivity contribution in [3.63, 3.8) is 0 Å². The van der Waals surface area contributed by atoms with Gasteiger partial charge in [0.1, 0.15) is 6.04 Å². The minimum atomic E-state index is -1.10. The molecule has 0 saturated carbocycles. The predicted molar refractivity (Wildman–Crippen MR) is 102 cm³/mol. The standard InChI is InChI=1S/C21H24N2O4/c1-15(17-10-6-3-7-11-17)22-19(24)12-13-20(25)23-18(21(26)27)14-16-8-4-2-5-9-16/h2-11,15,18H,12-14H2,1H3,(H,22,24)(H,23,25)(H,26,27)/t15-,18+/m1/s1. The SMILES string of the molecule is C[C@@H](NC(=O)CCC(=O)N[C@@H](Cc1ccccc1)C(=O)O)c1ccccc1. The number of hydrogen-bond acceptors (Lipinski definition) is 3. The molecule has 0 aliphatic rings. The van der Waals surface area contributed by atoms with Crippen molar-refractivity contribution < 1.29 is 19.5 Å². The Labute approximate surface area is 158 Å². The molecule has 0 aromatic heterocycles. The lowest BCUT2D eigenvalue weighted by molar-refractivity contribution is -0.141. The molecule has 0 radical (unpaired) electrons. The van der Waals surface area contributed by atoms with Crippen LogP contribution in [0, 0.1) is 0 Å². The fraction of sp³-hybridized carbons (Fsp3) is 0.286. The van der Waals surface area contributed by atoms with Crippen LogP contribution in [0.2, 0.25) is 0 Å². The monoisotopic (exact) mass is 368 g/mol. The van der Waals surface area contributed by atoms with Gasteiger partial charge in [-0.3, -0.25) is 9.59 Å². The molecule has 0 aliphatic carbocycles. The Kier molecular flexibility index (Phi) is 7.55. The van der Waals surface area contributed by atoms with Crippen LogP contribution in [-0.2, 0) is 20.8 Å². The van der Waals surface area contributed by atoms with Crippen LogP contribution in [0.1, 0.15) is 36.9 Å². The third kappa shape index (κ3) is 6.93. The largest absolute Gasteiger partial charge is 0.480 e. The maximum atomic E-state index is 12.1. The van der Waals surface area contributed by atoms with E-state index in [0.29, 0.717) is 0 Å². The maximum absolute atomic E-state index is 12.1. The molecule has 0 spiro atoms. The summed E-state index contributed by atoms with van der Waals surface area (Å²) in [6.07, 6.45) is 0.131. The van der Waals surface area contributed by atoms with Gasteiger partial charge >= 0.3 is 5.97 Å². The first kappa shape index (κ1) is 20.2. The lowest BCUT2D eigenvalue weighted by Crippen LogP contribution is -2.42. The molecule has 6 nitrogen and oxygen atoms in total. The quantitative estimate of drug-likeness (QED) is 0.633. The van der Waals surface area contributed by atoms with Crippen LogP contribution in [0.4, 0.5) is 0 Å². The van der Waals surface area contributed by atoms with Crippen LogP contribution in [-0.4, -0.2) is 28.9 Å². The lowest BCUT2D eigenvalue weighted by atomic mass is 10.1. The van der Waals surface area contributed by atoms with Gasteiger partial charge in [0.05, 0.1) is 6.04 Å². The Morgan fingerprint density at radius 2 is 1.37 bits per heavy atom. The Bertz CT molecular complexity index is 762. The van der Waals surface area contributed by atoms with Gasteiger partial charge in [-0.05, 0) is 18.1 Å². The number of hydrogen-bond donors (Lipinski definition) is 3. The Morgan fingerprint density at radius 3 is 1.93 bits per heavy atom. The van der Waals surface area contributed by atoms with Crippen molar-refractivity contribution in [1.82, 2.24) is 10.6 Å². The van der Waals surface area contributed by atoms with Gasteiger partial charge in [-0.2, -0.15) is 0 Å². The van der Waals surface area contributed by atoms with E-state index in [2.05, 4.69) is 10.6 Å². The summed E-state index contributed by atoms with van der Waals surface area (Å²) in [5.74, 6) is -1.81. The zero-order chi connectivity index (χ0) is 19.6. The van der Waals surface area contributed by atoms with E-state index in [-0.39, 0.29) is 31.2 Å². The third-order valence-corrected chi connectivity index (χ3v) is 4.17. The van der Waals surface area contributed by atoms with Gasteiger partial charge in [0, 0.05) is 19.3 Å². The first-order valence-corrected chi connectivity index (χ1v) is 8.86. The van der Waals surface area contributed by atoms with Crippen molar-refractivity contribution in [2.45, 2.75) is 38.3 Å². The molecule has 142 valence electrons. The number of aliphatic carboxylic acids is 1. The van der Waals surface area contributed by atoms with E-state index in [1.807, 2.05) is 55.5 Å². The molecule has 2 amide bonds. The van der Waals surface area contributed by atoms with Gasteiger partial charge in [-0.15, -0.1) is 0 Å². The molecule has 0 aliphatic heterocycles. The molecule has 2 rings (SSSR count). The van der Waals surface area contributed by atoms with Crippen molar-refractivity contribution >= 4 is 17.8 Å². The van der Waals surface area contributed by atoms with Gasteiger partial charge in [0.15, 0.2) is 0 Å². The number of amides is 2. The summed E-state index contributed by atoms with van der Waals surface area (Å²) in [6, 6.07) is 17.4. The summed E-state index contributed by atoms with van der Waals surface area (Å²) in [5.41, 5.74) is 1.80. The fourth-order valence-electron chi connectivity index (χ4n) is 2.68. The normalized spacial score (nSPS) is 12.6. The van der Waals surface area contributed by atoms with Crippen molar-refractivity contribution in [1.29, 1.82) is 0 Å². The van der Waals surface area contributed by atoms with Gasteiger partial charge in [0.25, 0.3) is 0 Å². The van der Waals surface area contributed by atoms with Crippen LogP contribution < -0.4 is 10.6 Å². The van der Waals surface area contributed by atoms with Crippen molar-refractivity contribution in [2.75, 3.05) is 0 Å². The van der Waals surface area contributed by atoms with E-state index in [1.54, 1.807) is 12.1 Å². The molecule has 0 bridgehead atoms. The summed E-state index contributed by atoms with van der Waals surface area (Å²) >= 11 is 0. The van der Waals surface area contributed by atoms with E-state index in [9.17, 15) is 19.5 Å². The van der Waals surface area contributed by atoms with Gasteiger partial charge in [-0.25, -0.2) is 4.79 Å². The van der Waals surface area contributed by atoms with Crippen LogP contribution in [0.5, 0.6) is 0 Å². The van der Waals surface area contributed by atoms with Gasteiger partial charge in [0.2, 0.25) is 11.8 Å². The molecule has 6 heteroatoms. The number of benzene rings is 2. The van der Waals surface area contributed by atoms with Crippen LogP contribution >= 0.6 is 0 Å². The minimum Gasteiger partial charge on any atom is -0.480 e. The minimum absolute atomic E-state index is 0.000678. The van der Waals surface area contributed by atoms with E-state index in [4.69, 9.17) is 0 Å². The molecule has 3 N–H and O–H groups in total. The highest BCUT2D eigenvalue weighted by Crippen LogP contribution is 2.11. The molecule has 27 heavy (non-hydrogen) atoms.